The van der Waals surface area contributed by atoms with Crippen molar-refractivity contribution in [2.75, 3.05) is 5.32 Å². The van der Waals surface area contributed by atoms with E-state index in [1.54, 1.807) is 0 Å². The summed E-state index contributed by atoms with van der Waals surface area (Å²) < 4.78 is 1.27. The Labute approximate surface area is 114 Å². The molecule has 0 spiro atoms. The van der Waals surface area contributed by atoms with E-state index in [0.29, 0.717) is 0 Å². The molecular formula is C13H14INS. The van der Waals surface area contributed by atoms with Crippen LogP contribution in [0.1, 0.15) is 16.7 Å². The molecule has 0 fully saturated rings. The molecule has 0 atom stereocenters. The van der Waals surface area contributed by atoms with Gasteiger partial charge in [-0.05, 0) is 65.4 Å². The topological polar surface area (TPSA) is 12.0 Å². The van der Waals surface area contributed by atoms with Gasteiger partial charge in [-0.25, -0.2) is 0 Å². The van der Waals surface area contributed by atoms with E-state index in [2.05, 4.69) is 71.2 Å². The van der Waals surface area contributed by atoms with Crippen LogP contribution in [-0.4, -0.2) is 0 Å². The van der Waals surface area contributed by atoms with Gasteiger partial charge in [-0.1, -0.05) is 6.92 Å². The van der Waals surface area contributed by atoms with E-state index in [9.17, 15) is 0 Å². The number of rotatable bonds is 4. The number of thiophene rings is 1. The van der Waals surface area contributed by atoms with Crippen molar-refractivity contribution in [1.82, 2.24) is 0 Å². The average Bonchev–Trinajstić information content (AvgIpc) is 2.76. The SMILES string of the molecule is CCc1ccc(CNc2ccc(I)cc2)s1. The van der Waals surface area contributed by atoms with Gasteiger partial charge in [-0.2, -0.15) is 0 Å². The zero-order valence-electron chi connectivity index (χ0n) is 9.16. The highest BCUT2D eigenvalue weighted by Gasteiger charge is 1.98. The van der Waals surface area contributed by atoms with Crippen molar-refractivity contribution in [3.05, 3.63) is 49.7 Å². The Hall–Kier alpha value is -0.550. The largest absolute Gasteiger partial charge is 0.380 e. The van der Waals surface area contributed by atoms with Crippen LogP contribution < -0.4 is 5.32 Å². The molecule has 0 amide bonds. The van der Waals surface area contributed by atoms with Gasteiger partial charge >= 0.3 is 0 Å². The summed E-state index contributed by atoms with van der Waals surface area (Å²) in [6.07, 6.45) is 1.13. The summed E-state index contributed by atoms with van der Waals surface area (Å²) in [6.45, 7) is 3.12. The normalized spacial score (nSPS) is 10.4. The van der Waals surface area contributed by atoms with Crippen molar-refractivity contribution in [2.45, 2.75) is 19.9 Å². The lowest BCUT2D eigenvalue weighted by Crippen LogP contribution is -1.96. The van der Waals surface area contributed by atoms with Crippen molar-refractivity contribution in [3.63, 3.8) is 0 Å². The van der Waals surface area contributed by atoms with Gasteiger partial charge in [0.25, 0.3) is 0 Å². The predicted molar refractivity (Wildman–Crippen MR) is 80.2 cm³/mol. The molecule has 1 nitrogen and oxygen atoms in total. The predicted octanol–water partition coefficient (Wildman–Crippen LogP) is 4.53. The van der Waals surface area contributed by atoms with E-state index < -0.39 is 0 Å². The third kappa shape index (κ3) is 3.22. The van der Waals surface area contributed by atoms with Crippen LogP contribution in [0.5, 0.6) is 0 Å². The van der Waals surface area contributed by atoms with E-state index in [-0.39, 0.29) is 0 Å². The summed E-state index contributed by atoms with van der Waals surface area (Å²) in [5, 5.41) is 3.43. The first-order valence-electron chi connectivity index (χ1n) is 5.35. The maximum absolute atomic E-state index is 3.43. The molecule has 1 heterocycles. The first-order valence-corrected chi connectivity index (χ1v) is 7.24. The lowest BCUT2D eigenvalue weighted by Gasteiger charge is -2.04. The van der Waals surface area contributed by atoms with Crippen LogP contribution in [0.4, 0.5) is 5.69 Å². The van der Waals surface area contributed by atoms with Gasteiger partial charge in [-0.15, -0.1) is 11.3 Å². The third-order valence-electron chi connectivity index (χ3n) is 2.38. The maximum Gasteiger partial charge on any atom is 0.0494 e. The van der Waals surface area contributed by atoms with Gasteiger partial charge in [0.15, 0.2) is 0 Å². The summed E-state index contributed by atoms with van der Waals surface area (Å²) >= 11 is 4.21. The number of hydrogen-bond donors (Lipinski definition) is 1. The summed E-state index contributed by atoms with van der Waals surface area (Å²) in [5.74, 6) is 0. The Morgan fingerprint density at radius 1 is 1.06 bits per heavy atom. The minimum Gasteiger partial charge on any atom is -0.380 e. The Kier molecular flexibility index (Phi) is 4.23. The second kappa shape index (κ2) is 5.68. The molecule has 1 aromatic heterocycles. The standard InChI is InChI=1S/C13H14INS/c1-2-12-7-8-13(16-12)9-15-11-5-3-10(14)4-6-11/h3-8,15H,2,9H2,1H3. The van der Waals surface area contributed by atoms with E-state index in [1.165, 1.54) is 19.0 Å². The summed E-state index contributed by atoms with van der Waals surface area (Å²) in [5.41, 5.74) is 1.19. The zero-order chi connectivity index (χ0) is 11.4. The van der Waals surface area contributed by atoms with Crippen LogP contribution in [0.25, 0.3) is 0 Å². The molecular weight excluding hydrogens is 329 g/mol. The molecule has 0 unspecified atom stereocenters. The second-order valence-electron chi connectivity index (χ2n) is 3.58. The molecule has 0 saturated carbocycles. The van der Waals surface area contributed by atoms with E-state index >= 15 is 0 Å². The molecule has 0 aliphatic rings. The van der Waals surface area contributed by atoms with Crippen LogP contribution in [0.2, 0.25) is 0 Å². The molecule has 16 heavy (non-hydrogen) atoms. The Bertz CT molecular complexity index is 447. The van der Waals surface area contributed by atoms with Crippen molar-refractivity contribution >= 4 is 39.6 Å². The molecule has 84 valence electrons. The quantitative estimate of drug-likeness (QED) is 0.805. The Balaban J connectivity index is 1.94. The molecule has 0 aliphatic carbocycles. The number of hydrogen-bond acceptors (Lipinski definition) is 2. The number of nitrogens with one attached hydrogen (secondary N) is 1. The zero-order valence-corrected chi connectivity index (χ0v) is 12.1. The van der Waals surface area contributed by atoms with Crippen molar-refractivity contribution in [1.29, 1.82) is 0 Å². The highest BCUT2D eigenvalue weighted by Crippen LogP contribution is 2.19. The lowest BCUT2D eigenvalue weighted by atomic mass is 10.3. The molecule has 1 aromatic carbocycles. The van der Waals surface area contributed by atoms with Crippen LogP contribution in [0.3, 0.4) is 0 Å². The number of benzene rings is 1. The van der Waals surface area contributed by atoms with Gasteiger partial charge in [0.2, 0.25) is 0 Å². The molecule has 1 N–H and O–H groups in total. The smallest absolute Gasteiger partial charge is 0.0494 e. The van der Waals surface area contributed by atoms with E-state index in [1.807, 2.05) is 11.3 Å². The number of anilines is 1. The fourth-order valence-corrected chi connectivity index (χ4v) is 2.72. The maximum atomic E-state index is 3.43. The molecule has 0 aliphatic heterocycles. The fraction of sp³-hybridized carbons (Fsp3) is 0.231. The van der Waals surface area contributed by atoms with Gasteiger partial charge in [0.1, 0.15) is 0 Å². The van der Waals surface area contributed by atoms with Gasteiger partial charge in [-0.3, -0.25) is 0 Å². The third-order valence-corrected chi connectivity index (χ3v) is 4.33. The molecule has 3 heteroatoms. The van der Waals surface area contributed by atoms with Crippen LogP contribution >= 0.6 is 33.9 Å². The number of halogens is 1. The monoisotopic (exact) mass is 343 g/mol. The van der Waals surface area contributed by atoms with Gasteiger partial charge in [0.05, 0.1) is 0 Å². The Morgan fingerprint density at radius 2 is 1.75 bits per heavy atom. The second-order valence-corrected chi connectivity index (χ2v) is 6.08. The highest BCUT2D eigenvalue weighted by molar-refractivity contribution is 14.1. The molecule has 0 saturated heterocycles. The summed E-state index contributed by atoms with van der Waals surface area (Å²) in [7, 11) is 0. The average molecular weight is 343 g/mol. The number of aryl methyl sites for hydroxylation is 1. The first kappa shape index (κ1) is 11.9. The Morgan fingerprint density at radius 3 is 2.38 bits per heavy atom. The molecule has 0 bridgehead atoms. The van der Waals surface area contributed by atoms with Crippen LogP contribution in [-0.2, 0) is 13.0 Å². The summed E-state index contributed by atoms with van der Waals surface area (Å²) in [6, 6.07) is 12.9. The van der Waals surface area contributed by atoms with Crippen molar-refractivity contribution in [2.24, 2.45) is 0 Å². The van der Waals surface area contributed by atoms with Crippen LogP contribution in [0.15, 0.2) is 36.4 Å². The van der Waals surface area contributed by atoms with Crippen molar-refractivity contribution in [3.8, 4) is 0 Å². The highest BCUT2D eigenvalue weighted by atomic mass is 127. The van der Waals surface area contributed by atoms with Crippen molar-refractivity contribution < 1.29 is 0 Å². The minimum atomic E-state index is 0.922. The van der Waals surface area contributed by atoms with E-state index in [4.69, 9.17) is 0 Å². The molecule has 2 rings (SSSR count). The lowest BCUT2D eigenvalue weighted by molar-refractivity contribution is 1.19. The van der Waals surface area contributed by atoms with E-state index in [0.717, 1.165) is 13.0 Å². The minimum absolute atomic E-state index is 0.922. The molecule has 2 aromatic rings. The summed E-state index contributed by atoms with van der Waals surface area (Å²) in [4.78, 5) is 2.86. The van der Waals surface area contributed by atoms with Gasteiger partial charge < -0.3 is 5.32 Å². The van der Waals surface area contributed by atoms with Crippen LogP contribution in [0, 0.1) is 3.57 Å². The van der Waals surface area contributed by atoms with Gasteiger partial charge in [0, 0.05) is 25.6 Å². The fourth-order valence-electron chi connectivity index (χ4n) is 1.46. The first-order chi connectivity index (χ1) is 7.78. The molecule has 0 radical (unpaired) electrons.